The largest absolute Gasteiger partial charge is 0.372 e. The molecule has 0 radical (unpaired) electrons. The highest BCUT2D eigenvalue weighted by molar-refractivity contribution is 6.35. The Morgan fingerprint density at radius 3 is 2.76 bits per heavy atom. The molecule has 0 unspecified atom stereocenters. The molecule has 3 nitrogen and oxygen atoms in total. The van der Waals surface area contributed by atoms with E-state index in [0.717, 1.165) is 12.5 Å². The summed E-state index contributed by atoms with van der Waals surface area (Å²) in [7, 11) is 0. The van der Waals surface area contributed by atoms with Gasteiger partial charge in [-0.25, -0.2) is 4.39 Å². The predicted octanol–water partition coefficient (Wildman–Crippen LogP) is 3.50. The SMILES string of the molecule is CCCOCC(=O)Nc1cc(Cl)c(F)cc1Cl. The lowest BCUT2D eigenvalue weighted by Crippen LogP contribution is -2.18. The number of benzene rings is 1. The quantitative estimate of drug-likeness (QED) is 0.662. The summed E-state index contributed by atoms with van der Waals surface area (Å²) in [5.41, 5.74) is 0.267. The monoisotopic (exact) mass is 279 g/mol. The third-order valence-corrected chi connectivity index (χ3v) is 2.47. The van der Waals surface area contributed by atoms with Crippen LogP contribution in [0.3, 0.4) is 0 Å². The molecule has 0 fully saturated rings. The van der Waals surface area contributed by atoms with E-state index in [2.05, 4.69) is 5.32 Å². The van der Waals surface area contributed by atoms with Gasteiger partial charge in [-0.15, -0.1) is 0 Å². The lowest BCUT2D eigenvalue weighted by Gasteiger charge is -2.08. The van der Waals surface area contributed by atoms with Crippen molar-refractivity contribution >= 4 is 34.8 Å². The minimum Gasteiger partial charge on any atom is -0.372 e. The van der Waals surface area contributed by atoms with Gasteiger partial charge in [-0.1, -0.05) is 30.1 Å². The first-order valence-electron chi connectivity index (χ1n) is 5.06. The number of amides is 1. The van der Waals surface area contributed by atoms with Gasteiger partial charge in [-0.05, 0) is 18.6 Å². The molecule has 0 saturated carbocycles. The van der Waals surface area contributed by atoms with Crippen molar-refractivity contribution in [1.82, 2.24) is 0 Å². The number of hydrogen-bond acceptors (Lipinski definition) is 2. The van der Waals surface area contributed by atoms with Crippen molar-refractivity contribution in [3.63, 3.8) is 0 Å². The first-order chi connectivity index (χ1) is 8.04. The molecule has 0 saturated heterocycles. The Morgan fingerprint density at radius 1 is 1.41 bits per heavy atom. The summed E-state index contributed by atoms with van der Waals surface area (Å²) in [6, 6.07) is 2.31. The maximum Gasteiger partial charge on any atom is 0.250 e. The van der Waals surface area contributed by atoms with Crippen molar-refractivity contribution in [2.24, 2.45) is 0 Å². The molecule has 1 aromatic rings. The fourth-order valence-electron chi connectivity index (χ4n) is 1.11. The molecule has 0 aliphatic rings. The van der Waals surface area contributed by atoms with E-state index >= 15 is 0 Å². The standard InChI is InChI=1S/C11H12Cl2FNO2/c1-2-3-17-6-11(16)15-10-5-7(12)9(14)4-8(10)13/h4-5H,2-3,6H2,1H3,(H,15,16). The number of anilines is 1. The van der Waals surface area contributed by atoms with Crippen LogP contribution in [0, 0.1) is 5.82 Å². The van der Waals surface area contributed by atoms with E-state index in [1.54, 1.807) is 0 Å². The first kappa shape index (κ1) is 14.2. The van der Waals surface area contributed by atoms with Crippen LogP contribution in [0.5, 0.6) is 0 Å². The summed E-state index contributed by atoms with van der Waals surface area (Å²) in [4.78, 5) is 11.4. The van der Waals surface area contributed by atoms with Crippen LogP contribution in [0.15, 0.2) is 12.1 Å². The van der Waals surface area contributed by atoms with Gasteiger partial charge in [0.05, 0.1) is 15.7 Å². The van der Waals surface area contributed by atoms with Gasteiger partial charge in [0.25, 0.3) is 0 Å². The molecule has 0 heterocycles. The molecule has 17 heavy (non-hydrogen) atoms. The molecule has 0 aliphatic carbocycles. The molecule has 0 atom stereocenters. The van der Waals surface area contributed by atoms with Crippen molar-refractivity contribution in [1.29, 1.82) is 0 Å². The number of carbonyl (C=O) groups excluding carboxylic acids is 1. The zero-order chi connectivity index (χ0) is 12.8. The van der Waals surface area contributed by atoms with Gasteiger partial charge in [0, 0.05) is 6.61 Å². The zero-order valence-electron chi connectivity index (χ0n) is 9.23. The summed E-state index contributed by atoms with van der Waals surface area (Å²) < 4.78 is 18.0. The molecule has 6 heteroatoms. The fourth-order valence-corrected chi connectivity index (χ4v) is 1.48. The van der Waals surface area contributed by atoms with Crippen LogP contribution in [0.1, 0.15) is 13.3 Å². The third kappa shape index (κ3) is 4.50. The summed E-state index contributed by atoms with van der Waals surface area (Å²) in [5.74, 6) is -0.986. The van der Waals surface area contributed by atoms with Gasteiger partial charge < -0.3 is 10.1 Å². The van der Waals surface area contributed by atoms with Crippen LogP contribution in [0.4, 0.5) is 10.1 Å². The summed E-state index contributed by atoms with van der Waals surface area (Å²) >= 11 is 11.3. The molecule has 0 bridgehead atoms. The van der Waals surface area contributed by atoms with Gasteiger partial charge in [0.15, 0.2) is 0 Å². The van der Waals surface area contributed by atoms with Crippen molar-refractivity contribution in [2.45, 2.75) is 13.3 Å². The van der Waals surface area contributed by atoms with E-state index in [-0.39, 0.29) is 28.2 Å². The predicted molar refractivity (Wildman–Crippen MR) is 66.2 cm³/mol. The molecule has 1 rings (SSSR count). The maximum atomic E-state index is 13.0. The zero-order valence-corrected chi connectivity index (χ0v) is 10.7. The average Bonchev–Trinajstić information content (AvgIpc) is 2.26. The summed E-state index contributed by atoms with van der Waals surface area (Å²) in [5, 5.41) is 2.49. The van der Waals surface area contributed by atoms with E-state index in [4.69, 9.17) is 27.9 Å². The molecule has 0 spiro atoms. The van der Waals surface area contributed by atoms with Crippen molar-refractivity contribution in [2.75, 3.05) is 18.5 Å². The van der Waals surface area contributed by atoms with Gasteiger partial charge >= 0.3 is 0 Å². The first-order valence-corrected chi connectivity index (χ1v) is 5.82. The van der Waals surface area contributed by atoms with Gasteiger partial charge in [-0.3, -0.25) is 4.79 Å². The highest BCUT2D eigenvalue weighted by atomic mass is 35.5. The highest BCUT2D eigenvalue weighted by Gasteiger charge is 2.10. The van der Waals surface area contributed by atoms with E-state index < -0.39 is 5.82 Å². The Balaban J connectivity index is 2.62. The number of hydrogen-bond donors (Lipinski definition) is 1. The number of carbonyl (C=O) groups is 1. The third-order valence-electron chi connectivity index (χ3n) is 1.87. The maximum absolute atomic E-state index is 13.0. The molecule has 0 aromatic heterocycles. The number of ether oxygens (including phenoxy) is 1. The molecule has 1 aromatic carbocycles. The number of nitrogens with one attached hydrogen (secondary N) is 1. The van der Waals surface area contributed by atoms with Crippen molar-refractivity contribution in [3.8, 4) is 0 Å². The smallest absolute Gasteiger partial charge is 0.250 e. The molecule has 94 valence electrons. The van der Waals surface area contributed by atoms with Crippen LogP contribution in [0.2, 0.25) is 10.0 Å². The van der Waals surface area contributed by atoms with Crippen LogP contribution in [-0.4, -0.2) is 19.1 Å². The lowest BCUT2D eigenvalue weighted by atomic mass is 10.3. The van der Waals surface area contributed by atoms with E-state index in [0.29, 0.717) is 6.61 Å². The number of rotatable bonds is 5. The Kier molecular flexibility index (Phi) is 5.68. The van der Waals surface area contributed by atoms with Crippen molar-refractivity contribution in [3.05, 3.63) is 28.0 Å². The molecule has 1 amide bonds. The topological polar surface area (TPSA) is 38.3 Å². The second-order valence-corrected chi connectivity index (χ2v) is 4.16. The molecule has 0 aliphatic heterocycles. The minimum atomic E-state index is -0.628. The van der Waals surface area contributed by atoms with E-state index in [1.165, 1.54) is 6.07 Å². The Hall–Kier alpha value is -0.840. The minimum absolute atomic E-state index is 0.0703. The van der Waals surface area contributed by atoms with Gasteiger partial charge in [-0.2, -0.15) is 0 Å². The fraction of sp³-hybridized carbons (Fsp3) is 0.364. The van der Waals surface area contributed by atoms with Crippen molar-refractivity contribution < 1.29 is 13.9 Å². The normalized spacial score (nSPS) is 10.4. The Bertz CT molecular complexity index is 413. The highest BCUT2D eigenvalue weighted by Crippen LogP contribution is 2.28. The van der Waals surface area contributed by atoms with E-state index in [1.807, 2.05) is 6.92 Å². The molecule has 1 N–H and O–H groups in total. The number of halogens is 3. The Labute approximate surface area is 109 Å². The summed E-state index contributed by atoms with van der Waals surface area (Å²) in [6.45, 7) is 2.37. The van der Waals surface area contributed by atoms with Crippen LogP contribution in [0.25, 0.3) is 0 Å². The lowest BCUT2D eigenvalue weighted by molar-refractivity contribution is -0.120. The Morgan fingerprint density at radius 2 is 2.12 bits per heavy atom. The van der Waals surface area contributed by atoms with Crippen LogP contribution in [-0.2, 0) is 9.53 Å². The second kappa shape index (κ2) is 6.79. The molecular formula is C11H12Cl2FNO2. The van der Waals surface area contributed by atoms with Gasteiger partial charge in [0.1, 0.15) is 12.4 Å². The van der Waals surface area contributed by atoms with E-state index in [9.17, 15) is 9.18 Å². The van der Waals surface area contributed by atoms with Crippen LogP contribution >= 0.6 is 23.2 Å². The summed E-state index contributed by atoms with van der Waals surface area (Å²) in [6.07, 6.45) is 0.830. The average molecular weight is 280 g/mol. The van der Waals surface area contributed by atoms with Crippen LogP contribution < -0.4 is 5.32 Å². The van der Waals surface area contributed by atoms with Gasteiger partial charge in [0.2, 0.25) is 5.91 Å². The second-order valence-electron chi connectivity index (χ2n) is 3.35. The molecular weight excluding hydrogens is 268 g/mol.